The Morgan fingerprint density at radius 2 is 1.69 bits per heavy atom. The summed E-state index contributed by atoms with van der Waals surface area (Å²) in [4.78, 5) is 21.0. The van der Waals surface area contributed by atoms with Crippen molar-refractivity contribution in [2.75, 3.05) is 0 Å². The molecule has 0 unspecified atom stereocenters. The minimum Gasteiger partial charge on any atom is -0.342 e. The van der Waals surface area contributed by atoms with Gasteiger partial charge in [-0.25, -0.2) is 4.99 Å². The Balaban J connectivity index is 1.54. The zero-order valence-corrected chi connectivity index (χ0v) is 21.1. The molecule has 1 fully saturated rings. The first-order chi connectivity index (χ1) is 17.0. The largest absolute Gasteiger partial charge is 0.342 e. The van der Waals surface area contributed by atoms with Crippen molar-refractivity contribution in [3.63, 3.8) is 0 Å². The molecule has 0 radical (unpaired) electrons. The number of nitrogens with zero attached hydrogens (tertiary/aromatic N) is 3. The summed E-state index contributed by atoms with van der Waals surface area (Å²) >= 11 is 1.46. The minimum absolute atomic E-state index is 0.0232. The van der Waals surface area contributed by atoms with Crippen LogP contribution in [0.25, 0.3) is 17.0 Å². The summed E-state index contributed by atoms with van der Waals surface area (Å²) < 4.78 is 2.26. The topological polar surface area (TPSA) is 37.6 Å². The van der Waals surface area contributed by atoms with E-state index in [1.54, 1.807) is 0 Å². The van der Waals surface area contributed by atoms with E-state index in [1.165, 1.54) is 22.9 Å². The summed E-state index contributed by atoms with van der Waals surface area (Å²) in [6.07, 6.45) is 5.05. The molecule has 1 aliphatic heterocycles. The van der Waals surface area contributed by atoms with E-state index in [9.17, 15) is 4.79 Å². The van der Waals surface area contributed by atoms with Gasteiger partial charge in [0.2, 0.25) is 0 Å². The summed E-state index contributed by atoms with van der Waals surface area (Å²) in [6, 6.07) is 27.0. The van der Waals surface area contributed by atoms with E-state index in [4.69, 9.17) is 4.99 Å². The summed E-state index contributed by atoms with van der Waals surface area (Å²) in [7, 11) is 0. The van der Waals surface area contributed by atoms with Crippen molar-refractivity contribution in [1.82, 2.24) is 9.47 Å². The standard InChI is InChI=1S/C30H29N3OS/c1-4-22(3)33-29(34)28(35-30(33)31-25-16-14-21(2)15-17-25)18-24-20-32(19-23-10-6-5-7-11-23)27-13-9-8-12-26(24)27/h5-18,20,22H,4,19H2,1-3H3/b28-18+,31-30?/t22-/m0/s1. The van der Waals surface area contributed by atoms with Crippen molar-refractivity contribution in [3.8, 4) is 0 Å². The van der Waals surface area contributed by atoms with Gasteiger partial charge in [-0.15, -0.1) is 0 Å². The predicted molar refractivity (Wildman–Crippen MR) is 148 cm³/mol. The van der Waals surface area contributed by atoms with Crippen LogP contribution in [0.5, 0.6) is 0 Å². The van der Waals surface area contributed by atoms with Crippen molar-refractivity contribution < 1.29 is 4.79 Å². The molecule has 0 bridgehead atoms. The SMILES string of the molecule is CC[C@H](C)N1C(=O)/C(=C\c2cn(Cc3ccccc3)c3ccccc23)SC1=Nc1ccc(C)cc1. The van der Waals surface area contributed by atoms with Crippen molar-refractivity contribution in [2.24, 2.45) is 4.99 Å². The van der Waals surface area contributed by atoms with E-state index in [0.717, 1.165) is 40.3 Å². The molecule has 0 N–H and O–H groups in total. The van der Waals surface area contributed by atoms with Crippen LogP contribution in [0.1, 0.15) is 37.0 Å². The molecule has 1 atom stereocenters. The number of carbonyl (C=O) groups is 1. The summed E-state index contributed by atoms with van der Waals surface area (Å²) in [6.45, 7) is 7.03. The Bertz CT molecular complexity index is 1420. The summed E-state index contributed by atoms with van der Waals surface area (Å²) in [5, 5.41) is 1.89. The maximum absolute atomic E-state index is 13.5. The second-order valence-corrected chi connectivity index (χ2v) is 10.00. The molecule has 1 aliphatic rings. The highest BCUT2D eigenvalue weighted by Gasteiger charge is 2.36. The Hall–Kier alpha value is -3.57. The number of aryl methyl sites for hydroxylation is 1. The molecule has 3 aromatic carbocycles. The average Bonchev–Trinajstić information content (AvgIpc) is 3.37. The molecule has 0 aliphatic carbocycles. The number of rotatable bonds is 6. The second-order valence-electron chi connectivity index (χ2n) is 8.99. The number of hydrogen-bond acceptors (Lipinski definition) is 3. The molecule has 2 heterocycles. The number of carbonyl (C=O) groups excluding carboxylic acids is 1. The third kappa shape index (κ3) is 4.82. The lowest BCUT2D eigenvalue weighted by atomic mass is 10.1. The van der Waals surface area contributed by atoms with Gasteiger partial charge in [-0.2, -0.15) is 0 Å². The first-order valence-corrected chi connectivity index (χ1v) is 12.9. The fourth-order valence-corrected chi connectivity index (χ4v) is 5.39. The van der Waals surface area contributed by atoms with E-state index in [-0.39, 0.29) is 11.9 Å². The van der Waals surface area contributed by atoms with Crippen LogP contribution < -0.4 is 0 Å². The van der Waals surface area contributed by atoms with E-state index in [2.05, 4.69) is 80.1 Å². The summed E-state index contributed by atoms with van der Waals surface area (Å²) in [5.74, 6) is 0.0232. The van der Waals surface area contributed by atoms with Gasteiger partial charge in [0.1, 0.15) is 0 Å². The normalized spacial score (nSPS) is 17.1. The number of aromatic nitrogens is 1. The Morgan fingerprint density at radius 1 is 0.971 bits per heavy atom. The molecule has 4 aromatic rings. The molecule has 1 aromatic heterocycles. The van der Waals surface area contributed by atoms with Gasteiger partial charge in [0.05, 0.1) is 10.6 Å². The van der Waals surface area contributed by atoms with Gasteiger partial charge in [-0.05, 0) is 61.9 Å². The molecule has 0 spiro atoms. The van der Waals surface area contributed by atoms with Gasteiger partial charge in [-0.3, -0.25) is 9.69 Å². The fraction of sp³-hybridized carbons (Fsp3) is 0.200. The Labute approximate surface area is 211 Å². The van der Waals surface area contributed by atoms with Crippen LogP contribution in [0.4, 0.5) is 5.69 Å². The quantitative estimate of drug-likeness (QED) is 0.270. The maximum Gasteiger partial charge on any atom is 0.267 e. The lowest BCUT2D eigenvalue weighted by Crippen LogP contribution is -2.36. The lowest BCUT2D eigenvalue weighted by molar-refractivity contribution is -0.123. The maximum atomic E-state index is 13.5. The van der Waals surface area contributed by atoms with Crippen LogP contribution in [0.2, 0.25) is 0 Å². The van der Waals surface area contributed by atoms with Gasteiger partial charge in [0.15, 0.2) is 5.17 Å². The van der Waals surface area contributed by atoms with Gasteiger partial charge >= 0.3 is 0 Å². The molecule has 0 saturated carbocycles. The molecule has 176 valence electrons. The number of amides is 1. The van der Waals surface area contributed by atoms with Gasteiger partial charge in [0, 0.05) is 35.2 Å². The van der Waals surface area contributed by atoms with Gasteiger partial charge in [0.25, 0.3) is 5.91 Å². The van der Waals surface area contributed by atoms with Crippen molar-refractivity contribution in [3.05, 3.63) is 107 Å². The van der Waals surface area contributed by atoms with Crippen LogP contribution in [0, 0.1) is 6.92 Å². The Kier molecular flexibility index (Phi) is 6.60. The first-order valence-electron chi connectivity index (χ1n) is 12.0. The highest BCUT2D eigenvalue weighted by Crippen LogP contribution is 2.37. The van der Waals surface area contributed by atoms with Crippen LogP contribution >= 0.6 is 11.8 Å². The zero-order valence-electron chi connectivity index (χ0n) is 20.3. The lowest BCUT2D eigenvalue weighted by Gasteiger charge is -2.22. The first kappa shape index (κ1) is 23.2. The van der Waals surface area contributed by atoms with Crippen molar-refractivity contribution >= 4 is 45.5 Å². The van der Waals surface area contributed by atoms with E-state index >= 15 is 0 Å². The van der Waals surface area contributed by atoms with Crippen molar-refractivity contribution in [2.45, 2.75) is 39.8 Å². The molecular formula is C30H29N3OS. The number of hydrogen-bond donors (Lipinski definition) is 0. The third-order valence-corrected chi connectivity index (χ3v) is 7.41. The number of fused-ring (bicyclic) bond motifs is 1. The Morgan fingerprint density at radius 3 is 2.43 bits per heavy atom. The molecule has 5 rings (SSSR count). The highest BCUT2D eigenvalue weighted by atomic mass is 32.2. The summed E-state index contributed by atoms with van der Waals surface area (Å²) in [5.41, 5.74) is 5.50. The van der Waals surface area contributed by atoms with Crippen LogP contribution in [0.15, 0.2) is 95.0 Å². The molecule has 1 saturated heterocycles. The predicted octanol–water partition coefficient (Wildman–Crippen LogP) is 7.40. The number of para-hydroxylation sites is 1. The number of amidine groups is 1. The van der Waals surface area contributed by atoms with E-state index < -0.39 is 0 Å². The molecular weight excluding hydrogens is 450 g/mol. The number of benzene rings is 3. The third-order valence-electron chi connectivity index (χ3n) is 6.43. The number of aliphatic imine (C=N–C) groups is 1. The van der Waals surface area contributed by atoms with E-state index in [1.807, 2.05) is 41.3 Å². The smallest absolute Gasteiger partial charge is 0.267 e. The van der Waals surface area contributed by atoms with Crippen LogP contribution in [-0.4, -0.2) is 26.6 Å². The molecule has 5 heteroatoms. The van der Waals surface area contributed by atoms with Gasteiger partial charge < -0.3 is 4.57 Å². The van der Waals surface area contributed by atoms with Crippen molar-refractivity contribution in [1.29, 1.82) is 0 Å². The molecule has 35 heavy (non-hydrogen) atoms. The number of thioether (sulfide) groups is 1. The highest BCUT2D eigenvalue weighted by molar-refractivity contribution is 8.18. The fourth-order valence-electron chi connectivity index (χ4n) is 4.31. The molecule has 4 nitrogen and oxygen atoms in total. The second kappa shape index (κ2) is 9.96. The van der Waals surface area contributed by atoms with Gasteiger partial charge in [-0.1, -0.05) is 73.2 Å². The van der Waals surface area contributed by atoms with Crippen LogP contribution in [-0.2, 0) is 11.3 Å². The molecule has 1 amide bonds. The van der Waals surface area contributed by atoms with Crippen LogP contribution in [0.3, 0.4) is 0 Å². The van der Waals surface area contributed by atoms with E-state index in [0.29, 0.717) is 4.91 Å². The zero-order chi connectivity index (χ0) is 24.4. The monoisotopic (exact) mass is 479 g/mol. The minimum atomic E-state index is 0.0232. The average molecular weight is 480 g/mol.